The Balaban J connectivity index is 1.73. The molecule has 0 amide bonds. The summed E-state index contributed by atoms with van der Waals surface area (Å²) < 4.78 is 10.6. The zero-order valence-electron chi connectivity index (χ0n) is 13.8. The summed E-state index contributed by atoms with van der Waals surface area (Å²) >= 11 is 2.82. The Morgan fingerprint density at radius 1 is 1.12 bits per heavy atom. The lowest BCUT2D eigenvalue weighted by Gasteiger charge is -2.09. The van der Waals surface area contributed by atoms with Gasteiger partial charge in [0.2, 0.25) is 0 Å². The minimum Gasteiger partial charge on any atom is -0.497 e. The summed E-state index contributed by atoms with van der Waals surface area (Å²) in [5.74, 6) is 1.86. The Hall–Kier alpha value is -2.38. The van der Waals surface area contributed by atoms with Crippen LogP contribution >= 0.6 is 23.1 Å². The highest BCUT2D eigenvalue weighted by Gasteiger charge is 2.11. The van der Waals surface area contributed by atoms with Crippen LogP contribution in [-0.4, -0.2) is 36.0 Å². The molecule has 2 aromatic heterocycles. The maximum absolute atomic E-state index is 12.0. The number of thiophene rings is 1. The van der Waals surface area contributed by atoms with Crippen LogP contribution in [0.2, 0.25) is 0 Å². The highest BCUT2D eigenvalue weighted by molar-refractivity contribution is 7.99. The molecule has 3 aromatic rings. The van der Waals surface area contributed by atoms with Gasteiger partial charge in [0.05, 0.1) is 30.5 Å². The Labute approximate surface area is 154 Å². The van der Waals surface area contributed by atoms with Gasteiger partial charge in [-0.15, -0.1) is 21.5 Å². The number of methoxy groups -OCH3 is 2. The van der Waals surface area contributed by atoms with E-state index in [0.29, 0.717) is 22.2 Å². The molecule has 0 aliphatic rings. The molecule has 0 atom stereocenters. The molecule has 1 aromatic carbocycles. The van der Waals surface area contributed by atoms with E-state index in [2.05, 4.69) is 10.2 Å². The smallest absolute Gasteiger partial charge is 0.183 e. The van der Waals surface area contributed by atoms with Crippen molar-refractivity contribution in [3.63, 3.8) is 0 Å². The van der Waals surface area contributed by atoms with Gasteiger partial charge in [-0.3, -0.25) is 4.79 Å². The van der Waals surface area contributed by atoms with E-state index in [9.17, 15) is 4.79 Å². The number of carbonyl (C=O) groups excluding carboxylic acids is 1. The summed E-state index contributed by atoms with van der Waals surface area (Å²) in [5.41, 5.74) is 1.49. The number of hydrogen-bond acceptors (Lipinski definition) is 7. The van der Waals surface area contributed by atoms with Gasteiger partial charge in [-0.25, -0.2) is 0 Å². The number of Topliss-reactive ketones (excluding diaryl/α,β-unsaturated/α-hetero) is 1. The van der Waals surface area contributed by atoms with Crippen LogP contribution in [0.15, 0.2) is 52.9 Å². The molecule has 7 heteroatoms. The monoisotopic (exact) mass is 372 g/mol. The summed E-state index contributed by atoms with van der Waals surface area (Å²) in [6.07, 6.45) is 0. The van der Waals surface area contributed by atoms with E-state index < -0.39 is 0 Å². The molecule has 0 bridgehead atoms. The number of nitrogens with zero attached hydrogens (tertiary/aromatic N) is 2. The second-order valence-electron chi connectivity index (χ2n) is 5.01. The Kier molecular flexibility index (Phi) is 5.67. The van der Waals surface area contributed by atoms with E-state index in [4.69, 9.17) is 9.47 Å². The molecule has 0 spiro atoms. The van der Waals surface area contributed by atoms with Crippen molar-refractivity contribution in [3.05, 3.63) is 52.7 Å². The van der Waals surface area contributed by atoms with Crippen LogP contribution in [0.25, 0.3) is 11.3 Å². The molecule has 0 saturated heterocycles. The number of thioether (sulfide) groups is 1. The third-order valence-electron chi connectivity index (χ3n) is 3.47. The highest BCUT2D eigenvalue weighted by atomic mass is 32.2. The van der Waals surface area contributed by atoms with Gasteiger partial charge in [0, 0.05) is 5.56 Å². The van der Waals surface area contributed by atoms with Crippen molar-refractivity contribution in [2.45, 2.75) is 5.03 Å². The van der Waals surface area contributed by atoms with Crippen molar-refractivity contribution >= 4 is 28.9 Å². The number of rotatable bonds is 7. The summed E-state index contributed by atoms with van der Waals surface area (Å²) in [6, 6.07) is 12.9. The maximum Gasteiger partial charge on any atom is 0.183 e. The number of carbonyl (C=O) groups is 1. The molecule has 0 fully saturated rings. The van der Waals surface area contributed by atoms with E-state index in [1.165, 1.54) is 23.1 Å². The molecule has 2 heterocycles. The predicted octanol–water partition coefficient (Wildman–Crippen LogP) is 4.20. The SMILES string of the molecule is COc1ccc(OC)c(-c2ccc(SCC(=O)c3cccs3)nn2)c1. The van der Waals surface area contributed by atoms with Crippen molar-refractivity contribution < 1.29 is 14.3 Å². The molecule has 0 saturated carbocycles. The first-order chi connectivity index (χ1) is 12.2. The standard InChI is InChI=1S/C18H16N2O3S2/c1-22-12-5-7-16(23-2)13(10-12)14-6-8-18(20-19-14)25-11-15(21)17-4-3-9-24-17/h3-10H,11H2,1-2H3. The fourth-order valence-corrected chi connectivity index (χ4v) is 3.66. The number of aromatic nitrogens is 2. The second kappa shape index (κ2) is 8.13. The lowest BCUT2D eigenvalue weighted by molar-refractivity contribution is 0.102. The molecule has 128 valence electrons. The van der Waals surface area contributed by atoms with Crippen LogP contribution in [0.4, 0.5) is 0 Å². The third kappa shape index (κ3) is 4.18. The maximum atomic E-state index is 12.0. The van der Waals surface area contributed by atoms with Crippen molar-refractivity contribution in [1.82, 2.24) is 10.2 Å². The summed E-state index contributed by atoms with van der Waals surface area (Å²) in [7, 11) is 3.22. The molecule has 0 unspecified atom stereocenters. The lowest BCUT2D eigenvalue weighted by atomic mass is 10.1. The van der Waals surface area contributed by atoms with Gasteiger partial charge in [0.1, 0.15) is 16.5 Å². The van der Waals surface area contributed by atoms with Crippen LogP contribution in [0.1, 0.15) is 9.67 Å². The number of ether oxygens (including phenoxy) is 2. The first-order valence-corrected chi connectivity index (χ1v) is 9.33. The van der Waals surface area contributed by atoms with Crippen molar-refractivity contribution in [3.8, 4) is 22.8 Å². The summed E-state index contributed by atoms with van der Waals surface area (Å²) in [6.45, 7) is 0. The highest BCUT2D eigenvalue weighted by Crippen LogP contribution is 2.32. The normalized spacial score (nSPS) is 10.5. The van der Waals surface area contributed by atoms with Gasteiger partial charge in [0.25, 0.3) is 0 Å². The number of hydrogen-bond donors (Lipinski definition) is 0. The van der Waals surface area contributed by atoms with Gasteiger partial charge in [-0.2, -0.15) is 0 Å². The zero-order chi connectivity index (χ0) is 17.6. The van der Waals surface area contributed by atoms with Crippen molar-refractivity contribution in [2.75, 3.05) is 20.0 Å². The number of benzene rings is 1. The molecule has 0 aliphatic heterocycles. The zero-order valence-corrected chi connectivity index (χ0v) is 15.4. The fraction of sp³-hybridized carbons (Fsp3) is 0.167. The van der Waals surface area contributed by atoms with E-state index in [-0.39, 0.29) is 5.78 Å². The molecule has 0 radical (unpaired) electrons. The number of ketones is 1. The molecule has 3 rings (SSSR count). The Morgan fingerprint density at radius 2 is 2.00 bits per heavy atom. The van der Waals surface area contributed by atoms with Gasteiger partial charge >= 0.3 is 0 Å². The van der Waals surface area contributed by atoms with E-state index >= 15 is 0 Å². The summed E-state index contributed by atoms with van der Waals surface area (Å²) in [5, 5.41) is 11.1. The molecule has 25 heavy (non-hydrogen) atoms. The van der Waals surface area contributed by atoms with Crippen LogP contribution in [0.3, 0.4) is 0 Å². The first kappa shape index (κ1) is 17.4. The minimum atomic E-state index is 0.0975. The van der Waals surface area contributed by atoms with E-state index in [1.54, 1.807) is 14.2 Å². The van der Waals surface area contributed by atoms with E-state index in [1.807, 2.05) is 47.8 Å². The van der Waals surface area contributed by atoms with Crippen LogP contribution in [0, 0.1) is 0 Å². The van der Waals surface area contributed by atoms with Gasteiger partial charge < -0.3 is 9.47 Å². The average Bonchev–Trinajstić information content (AvgIpc) is 3.21. The fourth-order valence-electron chi connectivity index (χ4n) is 2.20. The van der Waals surface area contributed by atoms with Crippen LogP contribution < -0.4 is 9.47 Å². The van der Waals surface area contributed by atoms with Crippen LogP contribution in [-0.2, 0) is 0 Å². The third-order valence-corrected chi connectivity index (χ3v) is 5.30. The summed E-state index contributed by atoms with van der Waals surface area (Å²) in [4.78, 5) is 12.8. The van der Waals surface area contributed by atoms with Gasteiger partial charge in [-0.1, -0.05) is 17.8 Å². The molecule has 0 N–H and O–H groups in total. The van der Waals surface area contributed by atoms with Crippen LogP contribution in [0.5, 0.6) is 11.5 Å². The average molecular weight is 372 g/mol. The van der Waals surface area contributed by atoms with Gasteiger partial charge in [-0.05, 0) is 41.8 Å². The lowest BCUT2D eigenvalue weighted by Crippen LogP contribution is -2.00. The topological polar surface area (TPSA) is 61.3 Å². The van der Waals surface area contributed by atoms with Crippen molar-refractivity contribution in [1.29, 1.82) is 0 Å². The quantitative estimate of drug-likeness (QED) is 0.458. The van der Waals surface area contributed by atoms with Crippen molar-refractivity contribution in [2.24, 2.45) is 0 Å². The Morgan fingerprint density at radius 3 is 2.64 bits per heavy atom. The molecular weight excluding hydrogens is 356 g/mol. The first-order valence-electron chi connectivity index (χ1n) is 7.47. The Bertz CT molecular complexity index is 849. The molecule has 0 aliphatic carbocycles. The van der Waals surface area contributed by atoms with Gasteiger partial charge in [0.15, 0.2) is 5.78 Å². The molecular formula is C18H16N2O3S2. The predicted molar refractivity (Wildman–Crippen MR) is 99.9 cm³/mol. The minimum absolute atomic E-state index is 0.0975. The largest absolute Gasteiger partial charge is 0.497 e. The second-order valence-corrected chi connectivity index (χ2v) is 6.96. The molecule has 5 nitrogen and oxygen atoms in total. The van der Waals surface area contributed by atoms with E-state index in [0.717, 1.165) is 16.2 Å².